The zero-order valence-electron chi connectivity index (χ0n) is 14.4. The molecule has 1 aromatic heterocycles. The third kappa shape index (κ3) is 3.82. The zero-order valence-corrected chi connectivity index (χ0v) is 14.4. The molecule has 0 aliphatic rings. The summed E-state index contributed by atoms with van der Waals surface area (Å²) in [6, 6.07) is 23.2. The van der Waals surface area contributed by atoms with E-state index in [1.807, 2.05) is 48.7 Å². The minimum Gasteiger partial charge on any atom is -0.356 e. The van der Waals surface area contributed by atoms with E-state index >= 15 is 0 Å². The van der Waals surface area contributed by atoms with Gasteiger partial charge in [-0.1, -0.05) is 30.3 Å². The summed E-state index contributed by atoms with van der Waals surface area (Å²) in [5.41, 5.74) is 3.13. The van der Waals surface area contributed by atoms with Crippen LogP contribution < -0.4 is 5.32 Å². The Morgan fingerprint density at radius 1 is 0.778 bits per heavy atom. The fraction of sp³-hybridized carbons (Fsp3) is 0.0909. The van der Waals surface area contributed by atoms with Crippen LogP contribution in [-0.4, -0.2) is 4.57 Å². The third-order valence-corrected chi connectivity index (χ3v) is 4.47. The number of hydrogen-bond donors (Lipinski definition) is 1. The number of aromatic nitrogens is 1. The Labute approximate surface area is 154 Å². The fourth-order valence-electron chi connectivity index (χ4n) is 3.11. The maximum absolute atomic E-state index is 12.7. The van der Waals surface area contributed by atoms with Crippen LogP contribution in [0.25, 0.3) is 10.9 Å². The highest BCUT2D eigenvalue weighted by Crippen LogP contribution is 2.31. The largest absolute Gasteiger partial charge is 0.416 e. The lowest BCUT2D eigenvalue weighted by atomic mass is 10.2. The smallest absolute Gasteiger partial charge is 0.356 e. The monoisotopic (exact) mass is 366 g/mol. The molecule has 0 bridgehead atoms. The molecule has 0 fully saturated rings. The number of anilines is 2. The van der Waals surface area contributed by atoms with Gasteiger partial charge in [0.25, 0.3) is 0 Å². The van der Waals surface area contributed by atoms with Crippen LogP contribution in [0.5, 0.6) is 0 Å². The lowest BCUT2D eigenvalue weighted by Gasteiger charge is -2.10. The van der Waals surface area contributed by atoms with Crippen LogP contribution in [0, 0.1) is 0 Å². The average molecular weight is 366 g/mol. The van der Waals surface area contributed by atoms with E-state index in [-0.39, 0.29) is 0 Å². The highest BCUT2D eigenvalue weighted by Gasteiger charge is 2.29. The van der Waals surface area contributed by atoms with Gasteiger partial charge in [-0.25, -0.2) is 0 Å². The molecule has 0 spiro atoms. The first-order valence-corrected chi connectivity index (χ1v) is 8.56. The van der Waals surface area contributed by atoms with E-state index in [9.17, 15) is 13.2 Å². The Morgan fingerprint density at radius 2 is 1.48 bits per heavy atom. The predicted octanol–water partition coefficient (Wildman–Crippen LogP) is 6.45. The maximum atomic E-state index is 12.7. The van der Waals surface area contributed by atoms with Crippen molar-refractivity contribution >= 4 is 22.3 Å². The number of nitrogens with zero attached hydrogens (tertiary/aromatic N) is 1. The minimum atomic E-state index is -4.32. The summed E-state index contributed by atoms with van der Waals surface area (Å²) in [6.07, 6.45) is -2.28. The molecular weight excluding hydrogens is 349 g/mol. The topological polar surface area (TPSA) is 17.0 Å². The first-order chi connectivity index (χ1) is 13.0. The second-order valence-corrected chi connectivity index (χ2v) is 6.40. The van der Waals surface area contributed by atoms with E-state index in [0.717, 1.165) is 35.3 Å². The number of rotatable bonds is 4. The van der Waals surface area contributed by atoms with Crippen LogP contribution in [0.15, 0.2) is 85.1 Å². The molecule has 2 nitrogen and oxygen atoms in total. The number of halogens is 3. The fourth-order valence-corrected chi connectivity index (χ4v) is 3.11. The Morgan fingerprint density at radius 3 is 2.19 bits per heavy atom. The molecule has 0 saturated heterocycles. The molecule has 0 aliphatic heterocycles. The van der Waals surface area contributed by atoms with Crippen molar-refractivity contribution in [3.05, 3.63) is 96.2 Å². The average Bonchev–Trinajstić information content (AvgIpc) is 3.04. The highest BCUT2D eigenvalue weighted by molar-refractivity contribution is 5.84. The van der Waals surface area contributed by atoms with Crippen LogP contribution >= 0.6 is 0 Å². The second-order valence-electron chi connectivity index (χ2n) is 6.40. The van der Waals surface area contributed by atoms with Gasteiger partial charge in [0.15, 0.2) is 0 Å². The van der Waals surface area contributed by atoms with E-state index in [4.69, 9.17) is 0 Å². The quantitative estimate of drug-likeness (QED) is 0.439. The van der Waals surface area contributed by atoms with Crippen LogP contribution in [0.2, 0.25) is 0 Å². The standard InChI is InChI=1S/C22H17F3N2/c23-22(24,25)18-6-8-19(9-7-18)26-20-10-11-21-17(14-20)12-13-27(21)15-16-4-2-1-3-5-16/h1-14,26H,15H2. The lowest BCUT2D eigenvalue weighted by molar-refractivity contribution is -0.137. The number of benzene rings is 3. The number of alkyl halides is 3. The molecular formula is C22H17F3N2. The molecule has 5 heteroatoms. The van der Waals surface area contributed by atoms with Gasteiger partial charge < -0.3 is 9.88 Å². The molecule has 27 heavy (non-hydrogen) atoms. The van der Waals surface area contributed by atoms with E-state index in [0.29, 0.717) is 5.69 Å². The summed E-state index contributed by atoms with van der Waals surface area (Å²) in [4.78, 5) is 0. The van der Waals surface area contributed by atoms with Gasteiger partial charge in [-0.3, -0.25) is 0 Å². The number of nitrogens with one attached hydrogen (secondary N) is 1. The Bertz CT molecular complexity index is 1050. The molecule has 0 amide bonds. The summed E-state index contributed by atoms with van der Waals surface area (Å²) >= 11 is 0. The molecule has 136 valence electrons. The van der Waals surface area contributed by atoms with Gasteiger partial charge in [0.2, 0.25) is 0 Å². The minimum absolute atomic E-state index is 0.617. The van der Waals surface area contributed by atoms with Crippen molar-refractivity contribution in [1.82, 2.24) is 4.57 Å². The molecule has 4 aromatic rings. The maximum Gasteiger partial charge on any atom is 0.416 e. The van der Waals surface area contributed by atoms with Gasteiger partial charge in [0, 0.05) is 35.0 Å². The zero-order chi connectivity index (χ0) is 18.9. The second kappa shape index (κ2) is 6.83. The summed E-state index contributed by atoms with van der Waals surface area (Å²) in [6.45, 7) is 0.788. The van der Waals surface area contributed by atoms with Crippen LogP contribution in [-0.2, 0) is 12.7 Å². The molecule has 0 saturated carbocycles. The molecule has 4 rings (SSSR count). The van der Waals surface area contributed by atoms with Crippen molar-refractivity contribution < 1.29 is 13.2 Å². The molecule has 0 unspecified atom stereocenters. The Balaban J connectivity index is 1.54. The number of hydrogen-bond acceptors (Lipinski definition) is 1. The summed E-state index contributed by atoms with van der Waals surface area (Å²) in [7, 11) is 0. The van der Waals surface area contributed by atoms with Gasteiger partial charge in [-0.05, 0) is 54.1 Å². The van der Waals surface area contributed by atoms with Crippen molar-refractivity contribution in [2.75, 3.05) is 5.32 Å². The van der Waals surface area contributed by atoms with Crippen LogP contribution in [0.1, 0.15) is 11.1 Å². The molecule has 3 aromatic carbocycles. The van der Waals surface area contributed by atoms with Crippen LogP contribution in [0.3, 0.4) is 0 Å². The van der Waals surface area contributed by atoms with Gasteiger partial charge >= 0.3 is 6.18 Å². The summed E-state index contributed by atoms with van der Waals surface area (Å²) < 4.78 is 40.1. The van der Waals surface area contributed by atoms with Gasteiger partial charge in [0.1, 0.15) is 0 Å². The Kier molecular flexibility index (Phi) is 4.36. The van der Waals surface area contributed by atoms with E-state index in [1.165, 1.54) is 17.7 Å². The predicted molar refractivity (Wildman–Crippen MR) is 102 cm³/mol. The third-order valence-electron chi connectivity index (χ3n) is 4.47. The van der Waals surface area contributed by atoms with E-state index in [1.54, 1.807) is 0 Å². The Hall–Kier alpha value is -3.21. The van der Waals surface area contributed by atoms with Gasteiger partial charge in [0.05, 0.1) is 5.56 Å². The number of fused-ring (bicyclic) bond motifs is 1. The van der Waals surface area contributed by atoms with E-state index < -0.39 is 11.7 Å². The lowest BCUT2D eigenvalue weighted by Crippen LogP contribution is -2.04. The van der Waals surface area contributed by atoms with Gasteiger partial charge in [-0.15, -0.1) is 0 Å². The molecule has 0 radical (unpaired) electrons. The van der Waals surface area contributed by atoms with Crippen LogP contribution in [0.4, 0.5) is 24.5 Å². The highest BCUT2D eigenvalue weighted by atomic mass is 19.4. The van der Waals surface area contributed by atoms with Crippen molar-refractivity contribution in [2.24, 2.45) is 0 Å². The first kappa shape index (κ1) is 17.2. The van der Waals surface area contributed by atoms with Crippen molar-refractivity contribution in [3.63, 3.8) is 0 Å². The van der Waals surface area contributed by atoms with Crippen molar-refractivity contribution in [3.8, 4) is 0 Å². The van der Waals surface area contributed by atoms with Crippen molar-refractivity contribution in [1.29, 1.82) is 0 Å². The van der Waals surface area contributed by atoms with Gasteiger partial charge in [-0.2, -0.15) is 13.2 Å². The van der Waals surface area contributed by atoms with Crippen molar-refractivity contribution in [2.45, 2.75) is 12.7 Å². The molecule has 0 atom stereocenters. The first-order valence-electron chi connectivity index (χ1n) is 8.56. The SMILES string of the molecule is FC(F)(F)c1ccc(Nc2ccc3c(ccn3Cc3ccccc3)c2)cc1. The summed E-state index contributed by atoms with van der Waals surface area (Å²) in [5, 5.41) is 4.23. The van der Waals surface area contributed by atoms with E-state index in [2.05, 4.69) is 22.0 Å². The normalized spacial score (nSPS) is 11.7. The molecule has 1 heterocycles. The molecule has 0 aliphatic carbocycles. The summed E-state index contributed by atoms with van der Waals surface area (Å²) in [5.74, 6) is 0. The molecule has 1 N–H and O–H groups in total.